The molecule has 3 nitrogen and oxygen atoms in total. The van der Waals surface area contributed by atoms with Crippen molar-refractivity contribution in [2.45, 2.75) is 33.3 Å². The number of ether oxygens (including phenoxy) is 2. The number of hydrogen-bond donors (Lipinski definition) is 0. The van der Waals surface area contributed by atoms with Gasteiger partial charge in [-0.3, -0.25) is 4.79 Å². The van der Waals surface area contributed by atoms with Crippen molar-refractivity contribution in [2.75, 3.05) is 13.2 Å². The van der Waals surface area contributed by atoms with Crippen molar-refractivity contribution < 1.29 is 14.3 Å². The van der Waals surface area contributed by atoms with Gasteiger partial charge in [0.05, 0.1) is 12.2 Å². The second-order valence-corrected chi connectivity index (χ2v) is 4.20. The smallest absolute Gasteiger partial charge is 0.197 e. The third kappa shape index (κ3) is 3.30. The summed E-state index contributed by atoms with van der Waals surface area (Å²) in [6.45, 7) is 8.39. The molecule has 1 rings (SSSR count). The first-order valence-electron chi connectivity index (χ1n) is 5.93. The van der Waals surface area contributed by atoms with Crippen LogP contribution in [0.2, 0.25) is 0 Å². The summed E-state index contributed by atoms with van der Waals surface area (Å²) >= 11 is 0. The Kier molecular flexibility index (Phi) is 4.70. The minimum atomic E-state index is -0.818. The maximum absolute atomic E-state index is 12.3. The Balaban J connectivity index is 3.03. The van der Waals surface area contributed by atoms with E-state index in [1.807, 2.05) is 26.0 Å². The van der Waals surface area contributed by atoms with Crippen molar-refractivity contribution >= 4 is 5.78 Å². The van der Waals surface area contributed by atoms with E-state index in [4.69, 9.17) is 9.47 Å². The van der Waals surface area contributed by atoms with Crippen molar-refractivity contribution in [3.8, 4) is 5.75 Å². The van der Waals surface area contributed by atoms with Gasteiger partial charge in [-0.15, -0.1) is 0 Å². The fourth-order valence-electron chi connectivity index (χ4n) is 1.69. The first kappa shape index (κ1) is 13.7. The molecule has 94 valence electrons. The molecule has 0 radical (unpaired) electrons. The summed E-state index contributed by atoms with van der Waals surface area (Å²) in [4.78, 5) is 12.3. The van der Waals surface area contributed by atoms with Gasteiger partial charge >= 0.3 is 0 Å². The summed E-state index contributed by atoms with van der Waals surface area (Å²) in [5, 5.41) is 0. The lowest BCUT2D eigenvalue weighted by Crippen LogP contribution is -2.35. The Bertz CT molecular complexity index is 383. The van der Waals surface area contributed by atoms with Crippen molar-refractivity contribution in [1.82, 2.24) is 0 Å². The van der Waals surface area contributed by atoms with Crippen LogP contribution in [0.25, 0.3) is 0 Å². The molecular formula is C14H20O3. The second kappa shape index (κ2) is 5.82. The van der Waals surface area contributed by atoms with Gasteiger partial charge in [-0.25, -0.2) is 0 Å². The van der Waals surface area contributed by atoms with Crippen LogP contribution in [0.3, 0.4) is 0 Å². The molecule has 0 N–H and O–H groups in total. The van der Waals surface area contributed by atoms with Gasteiger partial charge in [0.2, 0.25) is 0 Å². The Morgan fingerprint density at radius 3 is 2.41 bits per heavy atom. The second-order valence-electron chi connectivity index (χ2n) is 4.20. The first-order chi connectivity index (χ1) is 8.03. The summed E-state index contributed by atoms with van der Waals surface area (Å²) in [6.07, 6.45) is 0. The van der Waals surface area contributed by atoms with Crippen LogP contribution in [0.1, 0.15) is 38.1 Å². The molecule has 0 aromatic heterocycles. The van der Waals surface area contributed by atoms with Gasteiger partial charge in [-0.2, -0.15) is 0 Å². The molecule has 0 aliphatic rings. The van der Waals surface area contributed by atoms with E-state index in [-0.39, 0.29) is 5.78 Å². The van der Waals surface area contributed by atoms with Crippen LogP contribution in [0.4, 0.5) is 0 Å². The molecule has 17 heavy (non-hydrogen) atoms. The molecule has 0 atom stereocenters. The SMILES string of the molecule is CCOc1ccccc1C(=O)C(C)(C)OCC. The quantitative estimate of drug-likeness (QED) is 0.712. The molecule has 0 aliphatic heterocycles. The lowest BCUT2D eigenvalue weighted by atomic mass is 9.96. The van der Waals surface area contributed by atoms with Crippen LogP contribution in [0.5, 0.6) is 5.75 Å². The van der Waals surface area contributed by atoms with Crippen LogP contribution >= 0.6 is 0 Å². The third-order valence-corrected chi connectivity index (χ3v) is 2.48. The molecule has 0 aliphatic carbocycles. The van der Waals surface area contributed by atoms with E-state index in [1.54, 1.807) is 26.0 Å². The predicted molar refractivity (Wildman–Crippen MR) is 67.6 cm³/mol. The largest absolute Gasteiger partial charge is 0.493 e. The van der Waals surface area contributed by atoms with Crippen molar-refractivity contribution in [3.05, 3.63) is 29.8 Å². The molecule has 0 fully saturated rings. The van der Waals surface area contributed by atoms with Crippen LogP contribution in [0, 0.1) is 0 Å². The zero-order valence-electron chi connectivity index (χ0n) is 10.9. The predicted octanol–water partition coefficient (Wildman–Crippen LogP) is 3.08. The van der Waals surface area contributed by atoms with Crippen LogP contribution < -0.4 is 4.74 Å². The summed E-state index contributed by atoms with van der Waals surface area (Å²) in [6, 6.07) is 7.26. The fraction of sp³-hybridized carbons (Fsp3) is 0.500. The van der Waals surface area contributed by atoms with Gasteiger partial charge in [-0.05, 0) is 39.8 Å². The van der Waals surface area contributed by atoms with Crippen LogP contribution in [-0.2, 0) is 4.74 Å². The molecule has 0 saturated heterocycles. The van der Waals surface area contributed by atoms with E-state index in [0.29, 0.717) is 24.5 Å². The number of carbonyl (C=O) groups is 1. The molecule has 1 aromatic carbocycles. The number of carbonyl (C=O) groups excluding carboxylic acids is 1. The maximum atomic E-state index is 12.3. The molecule has 0 bridgehead atoms. The topological polar surface area (TPSA) is 35.5 Å². The highest BCUT2D eigenvalue weighted by atomic mass is 16.5. The highest BCUT2D eigenvalue weighted by Crippen LogP contribution is 2.25. The highest BCUT2D eigenvalue weighted by Gasteiger charge is 2.30. The van der Waals surface area contributed by atoms with Gasteiger partial charge in [-0.1, -0.05) is 12.1 Å². The zero-order chi connectivity index (χ0) is 12.9. The van der Waals surface area contributed by atoms with Gasteiger partial charge in [0.15, 0.2) is 5.78 Å². The monoisotopic (exact) mass is 236 g/mol. The van der Waals surface area contributed by atoms with Gasteiger partial charge < -0.3 is 9.47 Å². The molecular weight excluding hydrogens is 216 g/mol. The Labute approximate surface area is 103 Å². The highest BCUT2D eigenvalue weighted by molar-refractivity contribution is 6.04. The number of para-hydroxylation sites is 1. The summed E-state index contributed by atoms with van der Waals surface area (Å²) < 4.78 is 10.9. The fourth-order valence-corrected chi connectivity index (χ4v) is 1.69. The van der Waals surface area contributed by atoms with E-state index in [0.717, 1.165) is 0 Å². The van der Waals surface area contributed by atoms with Crippen molar-refractivity contribution in [3.63, 3.8) is 0 Å². The zero-order valence-corrected chi connectivity index (χ0v) is 10.9. The molecule has 0 unspecified atom stereocenters. The molecule has 3 heteroatoms. The van der Waals surface area contributed by atoms with E-state index in [1.165, 1.54) is 0 Å². The third-order valence-electron chi connectivity index (χ3n) is 2.48. The van der Waals surface area contributed by atoms with E-state index in [9.17, 15) is 4.79 Å². The number of rotatable bonds is 6. The Hall–Kier alpha value is -1.35. The standard InChI is InChI=1S/C14H20O3/c1-5-16-12-10-8-7-9-11(12)13(15)14(3,4)17-6-2/h7-10H,5-6H2,1-4H3. The lowest BCUT2D eigenvalue weighted by molar-refractivity contribution is 0.00103. The number of benzene rings is 1. The maximum Gasteiger partial charge on any atom is 0.197 e. The number of hydrogen-bond acceptors (Lipinski definition) is 3. The van der Waals surface area contributed by atoms with Gasteiger partial charge in [0, 0.05) is 6.61 Å². The number of Topliss-reactive ketones (excluding diaryl/α,β-unsaturated/α-hetero) is 1. The summed E-state index contributed by atoms with van der Waals surface area (Å²) in [5.41, 5.74) is -0.241. The lowest BCUT2D eigenvalue weighted by Gasteiger charge is -2.24. The number of ketones is 1. The average molecular weight is 236 g/mol. The van der Waals surface area contributed by atoms with Crippen LogP contribution in [-0.4, -0.2) is 24.6 Å². The first-order valence-corrected chi connectivity index (χ1v) is 5.93. The minimum absolute atomic E-state index is 0.0524. The van der Waals surface area contributed by atoms with E-state index >= 15 is 0 Å². The van der Waals surface area contributed by atoms with Gasteiger partial charge in [0.25, 0.3) is 0 Å². The van der Waals surface area contributed by atoms with Crippen LogP contribution in [0.15, 0.2) is 24.3 Å². The summed E-state index contributed by atoms with van der Waals surface area (Å²) in [7, 11) is 0. The van der Waals surface area contributed by atoms with Gasteiger partial charge in [0.1, 0.15) is 11.4 Å². The molecule has 0 saturated carbocycles. The molecule has 1 aromatic rings. The van der Waals surface area contributed by atoms with Crippen molar-refractivity contribution in [2.24, 2.45) is 0 Å². The Morgan fingerprint density at radius 2 is 1.82 bits per heavy atom. The van der Waals surface area contributed by atoms with E-state index in [2.05, 4.69) is 0 Å². The average Bonchev–Trinajstić information content (AvgIpc) is 2.29. The normalized spacial score (nSPS) is 11.3. The summed E-state index contributed by atoms with van der Waals surface area (Å²) in [5.74, 6) is 0.566. The molecule has 0 amide bonds. The molecule has 0 heterocycles. The minimum Gasteiger partial charge on any atom is -0.493 e. The van der Waals surface area contributed by atoms with Crippen molar-refractivity contribution in [1.29, 1.82) is 0 Å². The van der Waals surface area contributed by atoms with E-state index < -0.39 is 5.60 Å². The Morgan fingerprint density at radius 1 is 1.18 bits per heavy atom. The molecule has 0 spiro atoms.